The Morgan fingerprint density at radius 3 is 2.12 bits per heavy atom. The van der Waals surface area contributed by atoms with Crippen LogP contribution < -0.4 is 32.7 Å². The Labute approximate surface area is 237 Å². The van der Waals surface area contributed by atoms with Gasteiger partial charge in [0.15, 0.2) is 0 Å². The Morgan fingerprint density at radius 2 is 1.61 bits per heavy atom. The Morgan fingerprint density at radius 1 is 1.00 bits per heavy atom. The van der Waals surface area contributed by atoms with Gasteiger partial charge >= 0.3 is 0 Å². The SMILES string of the molecule is CCNC(=O)C(NC(=O)[C@@H](N)C[C@@H](O)CNC(=O)C1[C@@H](O)[C@@H](C)CN1C(=O)C(NC(C)=O)[C@H](O)CC(N)=O)[C@@H](C)O. The summed E-state index contributed by atoms with van der Waals surface area (Å²) >= 11 is 0. The van der Waals surface area contributed by atoms with Gasteiger partial charge in [0.2, 0.25) is 35.4 Å². The molecule has 3 unspecified atom stereocenters. The van der Waals surface area contributed by atoms with Gasteiger partial charge in [-0.05, 0) is 20.3 Å². The molecule has 1 aliphatic heterocycles. The normalized spacial score (nSPS) is 22.9. The standard InChI is InChI=1S/C24H43N7O10/c1-5-27-22(39)17(11(3)32)30-21(38)14(25)6-13(34)8-28-23(40)19-20(37)10(2)9-31(19)24(41)18(29-12(4)33)15(35)7-16(26)36/h10-11,13-15,17-20,32,34-35,37H,5-9,25H2,1-4H3,(H2,26,36)(H,27,39)(H,28,40)(H,29,33)(H,30,38)/t10-,11+,13+,14-,15+,17?,18?,19?,20-/m0/s1. The van der Waals surface area contributed by atoms with Gasteiger partial charge in [0, 0.05) is 32.5 Å². The fourth-order valence-electron chi connectivity index (χ4n) is 4.35. The zero-order chi connectivity index (χ0) is 31.6. The van der Waals surface area contributed by atoms with Gasteiger partial charge in [0.1, 0.15) is 18.1 Å². The van der Waals surface area contributed by atoms with Crippen LogP contribution in [0.1, 0.15) is 40.5 Å². The summed E-state index contributed by atoms with van der Waals surface area (Å²) in [5.74, 6) is -5.48. The maximum atomic E-state index is 13.2. The van der Waals surface area contributed by atoms with Crippen LogP contribution in [0.5, 0.6) is 0 Å². The molecule has 234 valence electrons. The summed E-state index contributed by atoms with van der Waals surface area (Å²) in [4.78, 5) is 74.6. The Kier molecular flexibility index (Phi) is 14.1. The van der Waals surface area contributed by atoms with Crippen LogP contribution in [0.4, 0.5) is 0 Å². The molecule has 41 heavy (non-hydrogen) atoms. The van der Waals surface area contributed by atoms with E-state index in [4.69, 9.17) is 11.5 Å². The van der Waals surface area contributed by atoms with Gasteiger partial charge in [-0.3, -0.25) is 28.8 Å². The number of carbonyl (C=O) groups excluding carboxylic acids is 6. The Bertz CT molecular complexity index is 965. The molecule has 0 aliphatic carbocycles. The van der Waals surface area contributed by atoms with Crippen molar-refractivity contribution in [1.29, 1.82) is 0 Å². The van der Waals surface area contributed by atoms with Crippen molar-refractivity contribution in [2.24, 2.45) is 17.4 Å². The maximum absolute atomic E-state index is 13.2. The van der Waals surface area contributed by atoms with Gasteiger partial charge in [0.25, 0.3) is 0 Å². The number of nitrogens with zero attached hydrogens (tertiary/aromatic N) is 1. The predicted octanol–water partition coefficient (Wildman–Crippen LogP) is -5.87. The highest BCUT2D eigenvalue weighted by Crippen LogP contribution is 2.25. The van der Waals surface area contributed by atoms with Gasteiger partial charge in [-0.2, -0.15) is 0 Å². The minimum absolute atomic E-state index is 0.124. The number of likely N-dealkylation sites (tertiary alicyclic amines) is 1. The van der Waals surface area contributed by atoms with Crippen molar-refractivity contribution in [3.63, 3.8) is 0 Å². The van der Waals surface area contributed by atoms with Crippen molar-refractivity contribution >= 4 is 35.4 Å². The lowest BCUT2D eigenvalue weighted by molar-refractivity contribution is -0.146. The summed E-state index contributed by atoms with van der Waals surface area (Å²) in [5, 5.41) is 50.5. The van der Waals surface area contributed by atoms with Gasteiger partial charge in [-0.15, -0.1) is 0 Å². The van der Waals surface area contributed by atoms with Crippen molar-refractivity contribution in [2.45, 2.75) is 89.1 Å². The molecule has 0 spiro atoms. The molecule has 12 N–H and O–H groups in total. The van der Waals surface area contributed by atoms with Crippen molar-refractivity contribution in [3.8, 4) is 0 Å². The van der Waals surface area contributed by atoms with Crippen LogP contribution in [-0.4, -0.2) is 129 Å². The third-order valence-electron chi connectivity index (χ3n) is 6.49. The molecule has 0 aromatic carbocycles. The highest BCUT2D eigenvalue weighted by Gasteiger charge is 2.48. The first kappa shape index (κ1) is 35.6. The molecule has 0 aromatic heterocycles. The zero-order valence-electron chi connectivity index (χ0n) is 23.6. The van der Waals surface area contributed by atoms with Crippen LogP contribution in [-0.2, 0) is 28.8 Å². The monoisotopic (exact) mass is 589 g/mol. The lowest BCUT2D eigenvalue weighted by Crippen LogP contribution is -2.59. The number of amides is 6. The van der Waals surface area contributed by atoms with Gasteiger partial charge < -0.3 is 58.1 Å². The number of aliphatic hydroxyl groups is 4. The van der Waals surface area contributed by atoms with Gasteiger partial charge in [-0.1, -0.05) is 6.92 Å². The lowest BCUT2D eigenvalue weighted by atomic mass is 10.0. The summed E-state index contributed by atoms with van der Waals surface area (Å²) < 4.78 is 0. The molecule has 9 atom stereocenters. The fraction of sp³-hybridized carbons (Fsp3) is 0.750. The maximum Gasteiger partial charge on any atom is 0.248 e. The predicted molar refractivity (Wildman–Crippen MR) is 142 cm³/mol. The Hall–Kier alpha value is -3.38. The van der Waals surface area contributed by atoms with E-state index in [9.17, 15) is 49.2 Å². The number of primary amides is 1. The van der Waals surface area contributed by atoms with Crippen molar-refractivity contribution < 1.29 is 49.2 Å². The number of rotatable bonds is 15. The molecule has 0 saturated carbocycles. The summed E-state index contributed by atoms with van der Waals surface area (Å²) in [6.07, 6.45) is -6.64. The first-order valence-electron chi connectivity index (χ1n) is 13.2. The minimum atomic E-state index is -1.70. The highest BCUT2D eigenvalue weighted by molar-refractivity contribution is 5.94. The first-order valence-corrected chi connectivity index (χ1v) is 13.2. The van der Waals surface area contributed by atoms with E-state index in [1.54, 1.807) is 13.8 Å². The third kappa shape index (κ3) is 10.5. The van der Waals surface area contributed by atoms with Crippen LogP contribution >= 0.6 is 0 Å². The summed E-state index contributed by atoms with van der Waals surface area (Å²) in [6.45, 7) is 5.32. The fourth-order valence-corrected chi connectivity index (χ4v) is 4.35. The second kappa shape index (κ2) is 16.2. The molecule has 1 fully saturated rings. The highest BCUT2D eigenvalue weighted by atomic mass is 16.3. The quantitative estimate of drug-likeness (QED) is 0.0858. The molecule has 0 bridgehead atoms. The smallest absolute Gasteiger partial charge is 0.248 e. The molecular weight excluding hydrogens is 546 g/mol. The topological polar surface area (TPSA) is 287 Å². The summed E-state index contributed by atoms with van der Waals surface area (Å²) in [6, 6.07) is -5.69. The second-order valence-electron chi connectivity index (χ2n) is 10.2. The van der Waals surface area contributed by atoms with Crippen LogP contribution in [0.3, 0.4) is 0 Å². The van der Waals surface area contributed by atoms with E-state index < -0.39 is 103 Å². The number of nitrogens with two attached hydrogens (primary N) is 2. The average Bonchev–Trinajstić information content (AvgIpc) is 3.16. The number of carbonyl (C=O) groups is 6. The first-order chi connectivity index (χ1) is 19.0. The van der Waals surface area contributed by atoms with E-state index in [1.165, 1.54) is 6.92 Å². The number of nitrogens with one attached hydrogen (secondary N) is 4. The van der Waals surface area contributed by atoms with E-state index in [2.05, 4.69) is 21.3 Å². The van der Waals surface area contributed by atoms with E-state index in [0.717, 1.165) is 11.8 Å². The average molecular weight is 590 g/mol. The van der Waals surface area contributed by atoms with Crippen LogP contribution in [0.15, 0.2) is 0 Å². The number of hydrogen-bond acceptors (Lipinski definition) is 11. The number of hydrogen-bond donors (Lipinski definition) is 10. The molecule has 17 heteroatoms. The van der Waals surface area contributed by atoms with Crippen molar-refractivity contribution in [3.05, 3.63) is 0 Å². The summed E-state index contributed by atoms with van der Waals surface area (Å²) in [5.41, 5.74) is 10.9. The van der Waals surface area contributed by atoms with E-state index in [1.807, 2.05) is 0 Å². The number of aliphatic hydroxyl groups excluding tert-OH is 4. The molecule has 17 nitrogen and oxygen atoms in total. The van der Waals surface area contributed by atoms with Crippen LogP contribution in [0, 0.1) is 5.92 Å². The summed E-state index contributed by atoms with van der Waals surface area (Å²) in [7, 11) is 0. The Balaban J connectivity index is 2.88. The largest absolute Gasteiger partial charge is 0.391 e. The zero-order valence-corrected chi connectivity index (χ0v) is 23.6. The van der Waals surface area contributed by atoms with Crippen LogP contribution in [0.25, 0.3) is 0 Å². The lowest BCUT2D eigenvalue weighted by Gasteiger charge is -2.31. The molecule has 1 heterocycles. The minimum Gasteiger partial charge on any atom is -0.391 e. The molecule has 0 aromatic rings. The second-order valence-corrected chi connectivity index (χ2v) is 10.2. The molecule has 1 aliphatic rings. The molecule has 6 amide bonds. The number of likely N-dealkylation sites (N-methyl/N-ethyl adjacent to an activating group) is 1. The van der Waals surface area contributed by atoms with E-state index in [-0.39, 0.29) is 19.5 Å². The van der Waals surface area contributed by atoms with E-state index in [0.29, 0.717) is 0 Å². The molecule has 1 saturated heterocycles. The van der Waals surface area contributed by atoms with Crippen molar-refractivity contribution in [1.82, 2.24) is 26.2 Å². The van der Waals surface area contributed by atoms with E-state index >= 15 is 0 Å². The third-order valence-corrected chi connectivity index (χ3v) is 6.49. The van der Waals surface area contributed by atoms with Gasteiger partial charge in [0.05, 0.1) is 36.9 Å². The molecule has 0 radical (unpaired) electrons. The van der Waals surface area contributed by atoms with Crippen LogP contribution in [0.2, 0.25) is 0 Å². The van der Waals surface area contributed by atoms with Gasteiger partial charge in [-0.25, -0.2) is 0 Å². The molecule has 1 rings (SSSR count). The van der Waals surface area contributed by atoms with Crippen molar-refractivity contribution in [2.75, 3.05) is 19.6 Å². The molecular formula is C24H43N7O10.